The zero-order chi connectivity index (χ0) is 16.3. The minimum Gasteiger partial charge on any atom is -0.449 e. The number of esters is 1. The molecule has 1 aromatic carbocycles. The first-order valence-corrected chi connectivity index (χ1v) is 6.65. The molecule has 1 aromatic heterocycles. The molecule has 0 radical (unpaired) electrons. The minimum absolute atomic E-state index is 0.0424. The summed E-state index contributed by atoms with van der Waals surface area (Å²) in [6.07, 6.45) is -1.13. The van der Waals surface area contributed by atoms with E-state index in [4.69, 9.17) is 9.15 Å². The Balaban J connectivity index is 2.12. The summed E-state index contributed by atoms with van der Waals surface area (Å²) in [5, 5.41) is 5.07. The molecule has 0 saturated carbocycles. The standard InChI is InChI=1S/C15H16N2O5/c1-8-10-6-4-5-7-11(10)22-12(8)14(19)21-9(2)13(18)17-15(20)16-3/h4-7,9H,1-3H3,(H2,16,17,18,20)/t9-/m1/s1. The summed E-state index contributed by atoms with van der Waals surface area (Å²) in [6.45, 7) is 3.10. The van der Waals surface area contributed by atoms with Gasteiger partial charge < -0.3 is 14.5 Å². The van der Waals surface area contributed by atoms with E-state index in [-0.39, 0.29) is 5.76 Å². The normalized spacial score (nSPS) is 11.8. The van der Waals surface area contributed by atoms with Crippen LogP contribution in [0.25, 0.3) is 11.0 Å². The van der Waals surface area contributed by atoms with Crippen LogP contribution in [0.4, 0.5) is 4.79 Å². The minimum atomic E-state index is -1.13. The van der Waals surface area contributed by atoms with Gasteiger partial charge in [-0.1, -0.05) is 18.2 Å². The average Bonchev–Trinajstić information content (AvgIpc) is 2.84. The second kappa shape index (κ2) is 6.30. The molecule has 2 rings (SSSR count). The van der Waals surface area contributed by atoms with Crippen LogP contribution < -0.4 is 10.6 Å². The van der Waals surface area contributed by atoms with E-state index < -0.39 is 24.0 Å². The number of imide groups is 1. The lowest BCUT2D eigenvalue weighted by molar-refractivity contribution is -0.128. The molecule has 0 fully saturated rings. The molecule has 0 unspecified atom stereocenters. The van der Waals surface area contributed by atoms with Gasteiger partial charge >= 0.3 is 12.0 Å². The molecule has 7 nitrogen and oxygen atoms in total. The van der Waals surface area contributed by atoms with Crippen molar-refractivity contribution >= 4 is 28.9 Å². The molecule has 0 aliphatic heterocycles. The summed E-state index contributed by atoms with van der Waals surface area (Å²) in [4.78, 5) is 34.8. The highest BCUT2D eigenvalue weighted by Crippen LogP contribution is 2.25. The fourth-order valence-electron chi connectivity index (χ4n) is 1.91. The molecule has 0 aliphatic rings. The second-order valence-electron chi connectivity index (χ2n) is 4.67. The molecule has 0 aliphatic carbocycles. The maximum absolute atomic E-state index is 12.1. The van der Waals surface area contributed by atoms with Gasteiger partial charge in [-0.2, -0.15) is 0 Å². The van der Waals surface area contributed by atoms with Crippen molar-refractivity contribution in [1.29, 1.82) is 0 Å². The summed E-state index contributed by atoms with van der Waals surface area (Å²) in [5.41, 5.74) is 1.20. The SMILES string of the molecule is CNC(=O)NC(=O)[C@@H](C)OC(=O)c1oc2ccccc2c1C. The van der Waals surface area contributed by atoms with Crippen LogP contribution in [0.1, 0.15) is 23.0 Å². The molecule has 116 valence electrons. The van der Waals surface area contributed by atoms with E-state index >= 15 is 0 Å². The smallest absolute Gasteiger partial charge is 0.375 e. The van der Waals surface area contributed by atoms with E-state index in [0.717, 1.165) is 5.39 Å². The van der Waals surface area contributed by atoms with Crippen molar-refractivity contribution in [3.8, 4) is 0 Å². The highest BCUT2D eigenvalue weighted by atomic mass is 16.6. The molecule has 2 N–H and O–H groups in total. The molecule has 0 saturated heterocycles. The summed E-state index contributed by atoms with van der Waals surface area (Å²) >= 11 is 0. The number of carbonyl (C=O) groups is 3. The van der Waals surface area contributed by atoms with Gasteiger partial charge in [0, 0.05) is 18.0 Å². The Morgan fingerprint density at radius 1 is 1.23 bits per heavy atom. The van der Waals surface area contributed by atoms with E-state index in [0.29, 0.717) is 11.1 Å². The largest absolute Gasteiger partial charge is 0.449 e. The summed E-state index contributed by atoms with van der Waals surface area (Å²) < 4.78 is 10.5. The Kier molecular flexibility index (Phi) is 4.45. The number of furan rings is 1. The molecule has 1 heterocycles. The van der Waals surface area contributed by atoms with Crippen LogP contribution in [-0.2, 0) is 9.53 Å². The predicted octanol–water partition coefficient (Wildman–Crippen LogP) is 1.74. The summed E-state index contributed by atoms with van der Waals surface area (Å²) in [6, 6.07) is 6.51. The predicted molar refractivity (Wildman–Crippen MR) is 78.4 cm³/mol. The summed E-state index contributed by atoms with van der Waals surface area (Å²) in [5.74, 6) is -1.43. The van der Waals surface area contributed by atoms with E-state index in [1.165, 1.54) is 14.0 Å². The monoisotopic (exact) mass is 304 g/mol. The second-order valence-corrected chi connectivity index (χ2v) is 4.67. The molecule has 0 bridgehead atoms. The molecule has 3 amide bonds. The van der Waals surface area contributed by atoms with Crippen molar-refractivity contribution in [3.05, 3.63) is 35.6 Å². The number of nitrogens with one attached hydrogen (secondary N) is 2. The molecule has 2 aromatic rings. The molecule has 0 spiro atoms. The topological polar surface area (TPSA) is 97.6 Å². The number of ether oxygens (including phenoxy) is 1. The van der Waals surface area contributed by atoms with Crippen molar-refractivity contribution in [2.75, 3.05) is 7.05 Å². The number of hydrogen-bond donors (Lipinski definition) is 2. The zero-order valence-electron chi connectivity index (χ0n) is 12.4. The third-order valence-electron chi connectivity index (χ3n) is 3.15. The molecule has 22 heavy (non-hydrogen) atoms. The van der Waals surface area contributed by atoms with Gasteiger partial charge in [-0.3, -0.25) is 10.1 Å². The van der Waals surface area contributed by atoms with Gasteiger partial charge in [-0.05, 0) is 19.9 Å². The Morgan fingerprint density at radius 3 is 2.55 bits per heavy atom. The third-order valence-corrected chi connectivity index (χ3v) is 3.15. The number of fused-ring (bicyclic) bond motifs is 1. The average molecular weight is 304 g/mol. The zero-order valence-corrected chi connectivity index (χ0v) is 12.4. The number of rotatable bonds is 3. The first-order chi connectivity index (χ1) is 10.4. The lowest BCUT2D eigenvalue weighted by Crippen LogP contribution is -2.43. The van der Waals surface area contributed by atoms with Crippen LogP contribution in [0.15, 0.2) is 28.7 Å². The van der Waals surface area contributed by atoms with E-state index in [1.54, 1.807) is 19.1 Å². The molecular formula is C15H16N2O5. The maximum atomic E-state index is 12.1. The van der Waals surface area contributed by atoms with Gasteiger partial charge in [0.15, 0.2) is 6.10 Å². The van der Waals surface area contributed by atoms with E-state index in [9.17, 15) is 14.4 Å². The third kappa shape index (κ3) is 3.08. The van der Waals surface area contributed by atoms with Crippen molar-refractivity contribution in [2.24, 2.45) is 0 Å². The molecular weight excluding hydrogens is 288 g/mol. The van der Waals surface area contributed by atoms with Crippen LogP contribution in [0.3, 0.4) is 0 Å². The Hall–Kier alpha value is -2.83. The highest BCUT2D eigenvalue weighted by Gasteiger charge is 2.24. The molecule has 1 atom stereocenters. The van der Waals surface area contributed by atoms with Crippen LogP contribution >= 0.6 is 0 Å². The van der Waals surface area contributed by atoms with Crippen molar-refractivity contribution in [2.45, 2.75) is 20.0 Å². The Bertz CT molecular complexity index is 735. The van der Waals surface area contributed by atoms with Gasteiger partial charge in [-0.15, -0.1) is 0 Å². The van der Waals surface area contributed by atoms with Crippen molar-refractivity contribution < 1.29 is 23.5 Å². The summed E-state index contributed by atoms with van der Waals surface area (Å²) in [7, 11) is 1.37. The van der Waals surface area contributed by atoms with Crippen LogP contribution in [0.5, 0.6) is 0 Å². The quantitative estimate of drug-likeness (QED) is 0.842. The number of urea groups is 1. The number of amides is 3. The van der Waals surface area contributed by atoms with Crippen molar-refractivity contribution in [1.82, 2.24) is 10.6 Å². The van der Waals surface area contributed by atoms with Gasteiger partial charge in [0.1, 0.15) is 5.58 Å². The number of hydrogen-bond acceptors (Lipinski definition) is 5. The first kappa shape index (κ1) is 15.6. The van der Waals surface area contributed by atoms with E-state index in [2.05, 4.69) is 5.32 Å². The van der Waals surface area contributed by atoms with Crippen LogP contribution in [0.2, 0.25) is 0 Å². The maximum Gasteiger partial charge on any atom is 0.375 e. The molecule has 7 heteroatoms. The van der Waals surface area contributed by atoms with Crippen LogP contribution in [0, 0.1) is 6.92 Å². The first-order valence-electron chi connectivity index (χ1n) is 6.65. The lowest BCUT2D eigenvalue weighted by Gasteiger charge is -2.11. The van der Waals surface area contributed by atoms with Gasteiger partial charge in [0.25, 0.3) is 5.91 Å². The van der Waals surface area contributed by atoms with Crippen LogP contribution in [-0.4, -0.2) is 31.1 Å². The van der Waals surface area contributed by atoms with Crippen molar-refractivity contribution in [3.63, 3.8) is 0 Å². The number of carbonyl (C=O) groups excluding carboxylic acids is 3. The number of aryl methyl sites for hydroxylation is 1. The van der Waals surface area contributed by atoms with Gasteiger partial charge in [0.05, 0.1) is 0 Å². The number of benzene rings is 1. The van der Waals surface area contributed by atoms with Gasteiger partial charge in [0.2, 0.25) is 5.76 Å². The number of para-hydroxylation sites is 1. The lowest BCUT2D eigenvalue weighted by atomic mass is 10.1. The Morgan fingerprint density at radius 2 is 1.91 bits per heavy atom. The Labute approximate surface area is 126 Å². The van der Waals surface area contributed by atoms with Gasteiger partial charge in [-0.25, -0.2) is 9.59 Å². The fourth-order valence-corrected chi connectivity index (χ4v) is 1.91. The highest BCUT2D eigenvalue weighted by molar-refractivity contribution is 5.99. The van der Waals surface area contributed by atoms with E-state index in [1.807, 2.05) is 17.4 Å². The fraction of sp³-hybridized carbons (Fsp3) is 0.267.